The summed E-state index contributed by atoms with van der Waals surface area (Å²) in [6.45, 7) is 0.789. The predicted molar refractivity (Wildman–Crippen MR) is 74.3 cm³/mol. The van der Waals surface area contributed by atoms with E-state index in [0.29, 0.717) is 11.5 Å². The number of sulfone groups is 1. The molecule has 1 N–H and O–H groups in total. The topological polar surface area (TPSA) is 46.2 Å². The third-order valence-electron chi connectivity index (χ3n) is 3.81. The highest BCUT2D eigenvalue weighted by Gasteiger charge is 2.33. The molecule has 0 spiro atoms. The summed E-state index contributed by atoms with van der Waals surface area (Å²) in [6.07, 6.45) is 1.54. The van der Waals surface area contributed by atoms with Gasteiger partial charge in [-0.25, -0.2) is 12.8 Å². The van der Waals surface area contributed by atoms with E-state index >= 15 is 0 Å². The maximum Gasteiger partial charge on any atom is 0.150 e. The van der Waals surface area contributed by atoms with E-state index in [1.165, 1.54) is 12.1 Å². The number of hydrogen-bond acceptors (Lipinski definition) is 3. The largest absolute Gasteiger partial charge is 0.319 e. The van der Waals surface area contributed by atoms with Crippen LogP contribution in [-0.4, -0.2) is 33.5 Å². The van der Waals surface area contributed by atoms with Crippen molar-refractivity contribution in [1.82, 2.24) is 5.32 Å². The summed E-state index contributed by atoms with van der Waals surface area (Å²) in [5.41, 5.74) is 1.06. The molecule has 0 aliphatic carbocycles. The van der Waals surface area contributed by atoms with Gasteiger partial charge in [-0.2, -0.15) is 0 Å². The quantitative estimate of drug-likeness (QED) is 0.894. The molecule has 1 saturated heterocycles. The van der Waals surface area contributed by atoms with E-state index in [0.717, 1.165) is 24.9 Å². The molecule has 2 rings (SSSR count). The number of hydrogen-bond donors (Lipinski definition) is 1. The fraction of sp³-hybridized carbons (Fsp3) is 0.571. The Morgan fingerprint density at radius 2 is 2.05 bits per heavy atom. The van der Waals surface area contributed by atoms with Crippen molar-refractivity contribution >= 4 is 9.84 Å². The normalized spacial score (nSPS) is 23.4. The maximum atomic E-state index is 12.9. The second-order valence-electron chi connectivity index (χ2n) is 5.31. The molecule has 0 saturated carbocycles. The molecule has 1 aliphatic heterocycles. The van der Waals surface area contributed by atoms with Gasteiger partial charge < -0.3 is 5.32 Å². The molecular formula is C14H20FNO2S. The highest BCUT2D eigenvalue weighted by Crippen LogP contribution is 2.28. The van der Waals surface area contributed by atoms with E-state index in [4.69, 9.17) is 0 Å². The zero-order valence-electron chi connectivity index (χ0n) is 11.1. The lowest BCUT2D eigenvalue weighted by atomic mass is 9.86. The summed E-state index contributed by atoms with van der Waals surface area (Å²) >= 11 is 0. The predicted octanol–water partition coefficient (Wildman–Crippen LogP) is 1.64. The van der Waals surface area contributed by atoms with Gasteiger partial charge in [-0.15, -0.1) is 0 Å². The van der Waals surface area contributed by atoms with Gasteiger partial charge in [0.15, 0.2) is 9.84 Å². The van der Waals surface area contributed by atoms with Crippen LogP contribution in [-0.2, 0) is 16.3 Å². The molecular weight excluding hydrogens is 265 g/mol. The lowest BCUT2D eigenvalue weighted by Crippen LogP contribution is -2.28. The van der Waals surface area contributed by atoms with E-state index in [-0.39, 0.29) is 17.7 Å². The summed E-state index contributed by atoms with van der Waals surface area (Å²) < 4.78 is 36.0. The lowest BCUT2D eigenvalue weighted by Gasteiger charge is -2.22. The molecule has 1 heterocycles. The molecule has 5 heteroatoms. The minimum atomic E-state index is -2.85. The first-order valence-electron chi connectivity index (χ1n) is 6.59. The van der Waals surface area contributed by atoms with Crippen LogP contribution in [0.15, 0.2) is 24.3 Å². The van der Waals surface area contributed by atoms with Crippen molar-refractivity contribution in [3.63, 3.8) is 0 Å². The summed E-state index contributed by atoms with van der Waals surface area (Å²) in [5.74, 6) is 0.856. The van der Waals surface area contributed by atoms with E-state index in [1.807, 2.05) is 7.05 Å². The third kappa shape index (κ3) is 4.01. The van der Waals surface area contributed by atoms with Gasteiger partial charge in [-0.05, 0) is 56.0 Å². The fourth-order valence-corrected chi connectivity index (χ4v) is 4.71. The molecule has 0 aromatic heterocycles. The zero-order valence-corrected chi connectivity index (χ0v) is 11.9. The van der Waals surface area contributed by atoms with Crippen LogP contribution >= 0.6 is 0 Å². The standard InChI is InChI=1S/C14H20FNO2S/c1-16-9-13(12-6-7-19(17,18)10-12)8-11-2-4-14(15)5-3-11/h2-5,12-13,16H,6-10H2,1H3. The number of halogens is 1. The molecule has 0 radical (unpaired) electrons. The van der Waals surface area contributed by atoms with Crippen molar-refractivity contribution < 1.29 is 12.8 Å². The molecule has 1 aromatic carbocycles. The third-order valence-corrected chi connectivity index (χ3v) is 5.61. The van der Waals surface area contributed by atoms with Crippen molar-refractivity contribution in [3.8, 4) is 0 Å². The first-order chi connectivity index (χ1) is 9.00. The number of nitrogens with one attached hydrogen (secondary N) is 1. The molecule has 0 bridgehead atoms. The van der Waals surface area contributed by atoms with Crippen LogP contribution in [0.25, 0.3) is 0 Å². The van der Waals surface area contributed by atoms with Gasteiger partial charge in [-0.3, -0.25) is 0 Å². The van der Waals surface area contributed by atoms with Gasteiger partial charge in [0.1, 0.15) is 5.82 Å². The van der Waals surface area contributed by atoms with Crippen LogP contribution in [0.2, 0.25) is 0 Å². The zero-order chi connectivity index (χ0) is 13.9. The van der Waals surface area contributed by atoms with Crippen LogP contribution in [0.5, 0.6) is 0 Å². The minimum Gasteiger partial charge on any atom is -0.319 e. The van der Waals surface area contributed by atoms with Gasteiger partial charge in [0.2, 0.25) is 0 Å². The fourth-order valence-electron chi connectivity index (χ4n) is 2.79. The van der Waals surface area contributed by atoms with Crippen molar-refractivity contribution in [2.75, 3.05) is 25.1 Å². The van der Waals surface area contributed by atoms with Crippen LogP contribution in [0.4, 0.5) is 4.39 Å². The van der Waals surface area contributed by atoms with Crippen LogP contribution in [0.3, 0.4) is 0 Å². The maximum absolute atomic E-state index is 12.9. The van der Waals surface area contributed by atoms with Gasteiger partial charge in [-0.1, -0.05) is 12.1 Å². The number of rotatable bonds is 5. The Labute approximate surface area is 114 Å². The molecule has 1 aromatic rings. The van der Waals surface area contributed by atoms with Crippen LogP contribution in [0, 0.1) is 17.7 Å². The SMILES string of the molecule is CNCC(Cc1ccc(F)cc1)C1CCS(=O)(=O)C1. The molecule has 106 valence electrons. The van der Waals surface area contributed by atoms with Crippen LogP contribution < -0.4 is 5.32 Å². The Balaban J connectivity index is 2.06. The van der Waals surface area contributed by atoms with E-state index in [9.17, 15) is 12.8 Å². The highest BCUT2D eigenvalue weighted by atomic mass is 32.2. The summed E-state index contributed by atoms with van der Waals surface area (Å²) in [6, 6.07) is 6.47. The molecule has 1 fully saturated rings. The van der Waals surface area contributed by atoms with Crippen LogP contribution in [0.1, 0.15) is 12.0 Å². The summed E-state index contributed by atoms with van der Waals surface area (Å²) in [5, 5.41) is 3.13. The second kappa shape index (κ2) is 6.01. The van der Waals surface area contributed by atoms with Gasteiger partial charge >= 0.3 is 0 Å². The Bertz CT molecular complexity index is 513. The van der Waals surface area contributed by atoms with Gasteiger partial charge in [0, 0.05) is 0 Å². The molecule has 19 heavy (non-hydrogen) atoms. The second-order valence-corrected chi connectivity index (χ2v) is 7.54. The van der Waals surface area contributed by atoms with Gasteiger partial charge in [0.25, 0.3) is 0 Å². The van der Waals surface area contributed by atoms with Crippen molar-refractivity contribution in [3.05, 3.63) is 35.6 Å². The molecule has 2 unspecified atom stereocenters. The minimum absolute atomic E-state index is 0.211. The summed E-state index contributed by atoms with van der Waals surface area (Å²) in [7, 11) is -0.969. The number of benzene rings is 1. The Hall–Kier alpha value is -0.940. The van der Waals surface area contributed by atoms with Crippen molar-refractivity contribution in [1.29, 1.82) is 0 Å². The van der Waals surface area contributed by atoms with Crippen molar-refractivity contribution in [2.24, 2.45) is 11.8 Å². The van der Waals surface area contributed by atoms with Gasteiger partial charge in [0.05, 0.1) is 11.5 Å². The van der Waals surface area contributed by atoms with E-state index in [1.54, 1.807) is 12.1 Å². The molecule has 1 aliphatic rings. The lowest BCUT2D eigenvalue weighted by molar-refractivity contribution is 0.352. The Morgan fingerprint density at radius 1 is 1.37 bits per heavy atom. The van der Waals surface area contributed by atoms with Crippen molar-refractivity contribution in [2.45, 2.75) is 12.8 Å². The molecule has 3 nitrogen and oxygen atoms in total. The molecule has 0 amide bonds. The Kier molecular flexibility index (Phi) is 4.58. The monoisotopic (exact) mass is 285 g/mol. The highest BCUT2D eigenvalue weighted by molar-refractivity contribution is 7.91. The van der Waals surface area contributed by atoms with E-state index < -0.39 is 9.84 Å². The Morgan fingerprint density at radius 3 is 2.58 bits per heavy atom. The smallest absolute Gasteiger partial charge is 0.150 e. The summed E-state index contributed by atoms with van der Waals surface area (Å²) in [4.78, 5) is 0. The first kappa shape index (κ1) is 14.5. The molecule has 2 atom stereocenters. The average Bonchev–Trinajstić information content (AvgIpc) is 2.72. The first-order valence-corrected chi connectivity index (χ1v) is 8.42. The van der Waals surface area contributed by atoms with E-state index in [2.05, 4.69) is 5.32 Å². The average molecular weight is 285 g/mol.